The molecule has 2 amide bonds. The molecule has 2 aromatic rings. The van der Waals surface area contributed by atoms with Crippen molar-refractivity contribution in [3.05, 3.63) is 54.4 Å². The highest BCUT2D eigenvalue weighted by Crippen LogP contribution is 2.21. The predicted molar refractivity (Wildman–Crippen MR) is 100 cm³/mol. The molecule has 1 aromatic carbocycles. The zero-order valence-electron chi connectivity index (χ0n) is 15.1. The number of nitrogens with zero attached hydrogens (tertiary/aromatic N) is 1. The number of hydrogen-bond donors (Lipinski definition) is 3. The van der Waals surface area contributed by atoms with Crippen molar-refractivity contribution in [2.75, 3.05) is 6.54 Å². The summed E-state index contributed by atoms with van der Waals surface area (Å²) in [6.45, 7) is 6.33. The molecule has 0 saturated heterocycles. The van der Waals surface area contributed by atoms with Crippen LogP contribution >= 0.6 is 0 Å². The number of aliphatic hydroxyl groups is 1. The van der Waals surface area contributed by atoms with E-state index in [1.165, 1.54) is 0 Å². The highest BCUT2D eigenvalue weighted by molar-refractivity contribution is 5.74. The van der Waals surface area contributed by atoms with Gasteiger partial charge in [0.25, 0.3) is 0 Å². The van der Waals surface area contributed by atoms with E-state index in [1.807, 2.05) is 57.2 Å². The van der Waals surface area contributed by atoms with Crippen molar-refractivity contribution in [2.24, 2.45) is 5.92 Å². The van der Waals surface area contributed by atoms with Crippen LogP contribution in [0, 0.1) is 5.92 Å². The van der Waals surface area contributed by atoms with E-state index in [9.17, 15) is 9.90 Å². The van der Waals surface area contributed by atoms with E-state index in [0.29, 0.717) is 13.0 Å². The summed E-state index contributed by atoms with van der Waals surface area (Å²) in [5.41, 5.74) is 3.27. The van der Waals surface area contributed by atoms with Gasteiger partial charge in [-0.05, 0) is 48.1 Å². The topological polar surface area (TPSA) is 74.2 Å². The first-order valence-electron chi connectivity index (χ1n) is 8.70. The third-order valence-corrected chi connectivity index (χ3v) is 4.27. The molecule has 1 heterocycles. The number of rotatable bonds is 7. The van der Waals surface area contributed by atoms with Gasteiger partial charge in [-0.2, -0.15) is 0 Å². The zero-order chi connectivity index (χ0) is 18.2. The Morgan fingerprint density at radius 3 is 2.24 bits per heavy atom. The Kier molecular flexibility index (Phi) is 6.95. The fourth-order valence-corrected chi connectivity index (χ4v) is 2.51. The van der Waals surface area contributed by atoms with Gasteiger partial charge in [-0.25, -0.2) is 4.79 Å². The summed E-state index contributed by atoms with van der Waals surface area (Å²) in [6.07, 6.45) is 3.71. The van der Waals surface area contributed by atoms with Crippen LogP contribution in [0.4, 0.5) is 4.79 Å². The monoisotopic (exact) mass is 341 g/mol. The Hall–Kier alpha value is -2.40. The van der Waals surface area contributed by atoms with Crippen molar-refractivity contribution in [1.82, 2.24) is 15.6 Å². The molecule has 0 aliphatic rings. The lowest BCUT2D eigenvalue weighted by molar-refractivity contribution is 0.116. The summed E-state index contributed by atoms with van der Waals surface area (Å²) in [5, 5.41) is 15.4. The number of benzene rings is 1. The maximum atomic E-state index is 12.0. The molecular weight excluding hydrogens is 314 g/mol. The molecule has 0 spiro atoms. The Morgan fingerprint density at radius 1 is 1.04 bits per heavy atom. The normalized spacial score (nSPS) is 13.3. The van der Waals surface area contributed by atoms with E-state index in [1.54, 1.807) is 12.4 Å². The molecule has 0 aliphatic heterocycles. The maximum absolute atomic E-state index is 12.0. The average Bonchev–Trinajstić information content (AvgIpc) is 2.62. The number of hydrogen-bond acceptors (Lipinski definition) is 3. The Morgan fingerprint density at radius 2 is 1.64 bits per heavy atom. The van der Waals surface area contributed by atoms with Gasteiger partial charge in [-0.15, -0.1) is 0 Å². The van der Waals surface area contributed by atoms with Gasteiger partial charge in [0.15, 0.2) is 0 Å². The molecule has 0 bridgehead atoms. The molecule has 5 heteroatoms. The van der Waals surface area contributed by atoms with Gasteiger partial charge in [0.05, 0.1) is 12.1 Å². The van der Waals surface area contributed by atoms with Crippen molar-refractivity contribution >= 4 is 6.03 Å². The summed E-state index contributed by atoms with van der Waals surface area (Å²) >= 11 is 0. The lowest BCUT2D eigenvalue weighted by Gasteiger charge is -2.17. The van der Waals surface area contributed by atoms with E-state index in [0.717, 1.165) is 16.7 Å². The lowest BCUT2D eigenvalue weighted by Crippen LogP contribution is -2.38. The molecule has 0 saturated carbocycles. The Bertz CT molecular complexity index is 656. The van der Waals surface area contributed by atoms with Gasteiger partial charge in [-0.1, -0.05) is 38.1 Å². The van der Waals surface area contributed by atoms with Crippen LogP contribution in [0.1, 0.15) is 38.8 Å². The van der Waals surface area contributed by atoms with Gasteiger partial charge >= 0.3 is 6.03 Å². The van der Waals surface area contributed by atoms with Crippen LogP contribution in [0.2, 0.25) is 0 Å². The summed E-state index contributed by atoms with van der Waals surface area (Å²) in [6, 6.07) is 11.7. The van der Waals surface area contributed by atoms with Crippen LogP contribution in [0.15, 0.2) is 48.8 Å². The molecule has 3 N–H and O–H groups in total. The molecule has 25 heavy (non-hydrogen) atoms. The quantitative estimate of drug-likeness (QED) is 0.721. The van der Waals surface area contributed by atoms with Crippen molar-refractivity contribution in [1.29, 1.82) is 0 Å². The van der Waals surface area contributed by atoms with Crippen LogP contribution in [0.25, 0.3) is 11.1 Å². The highest BCUT2D eigenvalue weighted by atomic mass is 16.3. The minimum Gasteiger partial charge on any atom is -0.393 e. The number of aliphatic hydroxyl groups excluding tert-OH is 1. The summed E-state index contributed by atoms with van der Waals surface area (Å²) in [4.78, 5) is 16.0. The summed E-state index contributed by atoms with van der Waals surface area (Å²) in [7, 11) is 0. The number of carbonyl (C=O) groups is 1. The molecule has 2 unspecified atom stereocenters. The molecular formula is C20H27N3O2. The van der Waals surface area contributed by atoms with Crippen LogP contribution in [0.3, 0.4) is 0 Å². The van der Waals surface area contributed by atoms with E-state index in [2.05, 4.69) is 15.6 Å². The number of urea groups is 1. The summed E-state index contributed by atoms with van der Waals surface area (Å²) < 4.78 is 0. The molecule has 0 aliphatic carbocycles. The smallest absolute Gasteiger partial charge is 0.315 e. The first-order chi connectivity index (χ1) is 12.0. The average molecular weight is 341 g/mol. The first kappa shape index (κ1) is 18.9. The van der Waals surface area contributed by atoms with Crippen molar-refractivity contribution in [3.8, 4) is 11.1 Å². The number of pyridine rings is 1. The van der Waals surface area contributed by atoms with Crippen molar-refractivity contribution in [2.45, 2.75) is 39.3 Å². The van der Waals surface area contributed by atoms with Gasteiger partial charge in [0.2, 0.25) is 0 Å². The van der Waals surface area contributed by atoms with Gasteiger partial charge in [-0.3, -0.25) is 4.98 Å². The number of carbonyl (C=O) groups excluding carboxylic acids is 1. The Balaban J connectivity index is 1.84. The minimum absolute atomic E-state index is 0.0958. The van der Waals surface area contributed by atoms with E-state index in [-0.39, 0.29) is 18.0 Å². The predicted octanol–water partition coefficient (Wildman–Crippen LogP) is 3.52. The highest BCUT2D eigenvalue weighted by Gasteiger charge is 2.12. The van der Waals surface area contributed by atoms with E-state index >= 15 is 0 Å². The molecule has 1 aromatic heterocycles. The second-order valence-electron chi connectivity index (χ2n) is 6.58. The fraction of sp³-hybridized carbons (Fsp3) is 0.400. The van der Waals surface area contributed by atoms with Crippen molar-refractivity contribution < 1.29 is 9.90 Å². The maximum Gasteiger partial charge on any atom is 0.315 e. The van der Waals surface area contributed by atoms with Gasteiger partial charge in [0, 0.05) is 18.9 Å². The zero-order valence-corrected chi connectivity index (χ0v) is 15.1. The number of nitrogens with one attached hydrogen (secondary N) is 2. The Labute approximate surface area is 149 Å². The lowest BCUT2D eigenvalue weighted by atomic mass is 10.0. The number of amides is 2. The van der Waals surface area contributed by atoms with Crippen LogP contribution < -0.4 is 10.6 Å². The molecule has 134 valence electrons. The second-order valence-corrected chi connectivity index (χ2v) is 6.58. The largest absolute Gasteiger partial charge is 0.393 e. The van der Waals surface area contributed by atoms with Crippen LogP contribution in [0.5, 0.6) is 0 Å². The van der Waals surface area contributed by atoms with Gasteiger partial charge in [0.1, 0.15) is 0 Å². The van der Waals surface area contributed by atoms with Gasteiger partial charge < -0.3 is 15.7 Å². The molecule has 0 fully saturated rings. The number of aromatic nitrogens is 1. The summed E-state index contributed by atoms with van der Waals surface area (Å²) in [5.74, 6) is 0.197. The third-order valence-electron chi connectivity index (χ3n) is 4.27. The minimum atomic E-state index is -0.390. The standard InChI is InChI=1S/C20H27N3O2/c1-14(2)19(24)10-13-22-20(25)23-15(3)16-4-6-17(7-5-16)18-8-11-21-12-9-18/h4-9,11-12,14-15,19,24H,10,13H2,1-3H3,(H2,22,23,25). The molecule has 2 atom stereocenters. The van der Waals surface area contributed by atoms with Crippen LogP contribution in [-0.2, 0) is 0 Å². The second kappa shape index (κ2) is 9.18. The SMILES string of the molecule is CC(NC(=O)NCCC(O)C(C)C)c1ccc(-c2ccncc2)cc1. The fourth-order valence-electron chi connectivity index (χ4n) is 2.51. The molecule has 0 radical (unpaired) electrons. The molecule has 2 rings (SSSR count). The van der Waals surface area contributed by atoms with Crippen LogP contribution in [-0.4, -0.2) is 28.8 Å². The first-order valence-corrected chi connectivity index (χ1v) is 8.70. The third kappa shape index (κ3) is 5.87. The van der Waals surface area contributed by atoms with E-state index < -0.39 is 6.10 Å². The molecule has 5 nitrogen and oxygen atoms in total. The van der Waals surface area contributed by atoms with Crippen molar-refractivity contribution in [3.63, 3.8) is 0 Å². The van der Waals surface area contributed by atoms with E-state index in [4.69, 9.17) is 0 Å².